The van der Waals surface area contributed by atoms with Crippen molar-refractivity contribution in [2.24, 2.45) is 5.41 Å². The predicted octanol–water partition coefficient (Wildman–Crippen LogP) is 4.45. The molecule has 4 N–H and O–H groups in total. The molecule has 1 aromatic rings. The Balaban J connectivity index is 1.55. The van der Waals surface area contributed by atoms with E-state index in [1.165, 1.54) is 37.2 Å². The van der Waals surface area contributed by atoms with Crippen LogP contribution in [0.5, 0.6) is 11.5 Å². The van der Waals surface area contributed by atoms with Crippen LogP contribution in [0.1, 0.15) is 59.4 Å². The van der Waals surface area contributed by atoms with Crippen molar-refractivity contribution in [3.63, 3.8) is 0 Å². The van der Waals surface area contributed by atoms with Crippen molar-refractivity contribution in [2.45, 2.75) is 91.2 Å². The highest BCUT2D eigenvalue weighted by Gasteiger charge is 2.45. The molecule has 236 valence electrons. The fourth-order valence-corrected chi connectivity index (χ4v) is 5.25. The minimum absolute atomic E-state index is 0.0154. The average molecular weight is 599 g/mol. The highest BCUT2D eigenvalue weighted by Crippen LogP contribution is 2.40. The molecule has 9 heteroatoms. The lowest BCUT2D eigenvalue weighted by Crippen LogP contribution is -2.60. The number of allylic oxidation sites excluding steroid dienone is 9. The standard InChI is InChI=1S/C34H46O9/c1-21(12-14-25-23(3)11-8-16-34(25,4)5)9-7-10-22(2)17-29(36)41-20-24-13-15-26(27(18-24)40-6)42-33-32(39)31(38)30(37)28(19-35)43-33/h7,9-10,12-15,17-18,28,30-33,35,37-39H,8,11,16,19-20H2,1-6H3/b10-7+,14-12+,21-9+,22-17-/t28-,30-,31+,32-,33-/m1/s1. The van der Waals surface area contributed by atoms with Crippen LogP contribution in [0.3, 0.4) is 0 Å². The molecule has 43 heavy (non-hydrogen) atoms. The van der Waals surface area contributed by atoms with Gasteiger partial charge in [-0.25, -0.2) is 4.79 Å². The van der Waals surface area contributed by atoms with Crippen LogP contribution in [0.2, 0.25) is 0 Å². The summed E-state index contributed by atoms with van der Waals surface area (Å²) >= 11 is 0. The third-order valence-electron chi connectivity index (χ3n) is 7.82. The van der Waals surface area contributed by atoms with Crippen LogP contribution in [0.15, 0.2) is 76.9 Å². The zero-order valence-corrected chi connectivity index (χ0v) is 25.9. The zero-order chi connectivity index (χ0) is 31.7. The van der Waals surface area contributed by atoms with E-state index in [2.05, 4.69) is 32.9 Å². The second kappa shape index (κ2) is 15.5. The smallest absolute Gasteiger partial charge is 0.331 e. The lowest BCUT2D eigenvalue weighted by molar-refractivity contribution is -0.277. The topological polar surface area (TPSA) is 135 Å². The van der Waals surface area contributed by atoms with Crippen molar-refractivity contribution in [3.05, 3.63) is 82.5 Å². The number of aliphatic hydroxyl groups excluding tert-OH is 4. The number of hydrogen-bond acceptors (Lipinski definition) is 9. The van der Waals surface area contributed by atoms with Gasteiger partial charge in [-0.15, -0.1) is 0 Å². The molecular formula is C34H46O9. The van der Waals surface area contributed by atoms with Crippen LogP contribution in [-0.2, 0) is 20.9 Å². The van der Waals surface area contributed by atoms with Gasteiger partial charge in [0.25, 0.3) is 0 Å². The van der Waals surface area contributed by atoms with Crippen LogP contribution in [0.4, 0.5) is 0 Å². The van der Waals surface area contributed by atoms with Gasteiger partial charge in [-0.1, -0.05) is 61.4 Å². The summed E-state index contributed by atoms with van der Waals surface area (Å²) < 4.78 is 21.8. The molecule has 0 spiro atoms. The Bertz CT molecular complexity index is 1270. The van der Waals surface area contributed by atoms with Gasteiger partial charge in [0, 0.05) is 6.08 Å². The number of ether oxygens (including phenoxy) is 4. The van der Waals surface area contributed by atoms with Gasteiger partial charge in [-0.3, -0.25) is 0 Å². The molecule has 1 aromatic carbocycles. The van der Waals surface area contributed by atoms with E-state index in [4.69, 9.17) is 18.9 Å². The van der Waals surface area contributed by atoms with Crippen LogP contribution < -0.4 is 9.47 Å². The summed E-state index contributed by atoms with van der Waals surface area (Å²) in [6, 6.07) is 4.80. The summed E-state index contributed by atoms with van der Waals surface area (Å²) in [6.45, 7) is 10.1. The van der Waals surface area contributed by atoms with Gasteiger partial charge in [-0.2, -0.15) is 0 Å². The van der Waals surface area contributed by atoms with E-state index in [-0.39, 0.29) is 23.5 Å². The van der Waals surface area contributed by atoms with E-state index in [1.54, 1.807) is 18.2 Å². The number of hydrogen-bond donors (Lipinski definition) is 4. The fraction of sp³-hybridized carbons (Fsp3) is 0.500. The first-order chi connectivity index (χ1) is 20.4. The maximum absolute atomic E-state index is 12.4. The second-order valence-electron chi connectivity index (χ2n) is 11.8. The molecule has 9 nitrogen and oxygen atoms in total. The third-order valence-corrected chi connectivity index (χ3v) is 7.82. The van der Waals surface area contributed by atoms with E-state index >= 15 is 0 Å². The van der Waals surface area contributed by atoms with Gasteiger partial charge in [0.1, 0.15) is 31.0 Å². The van der Waals surface area contributed by atoms with Crippen LogP contribution in [-0.4, -0.2) is 70.8 Å². The summed E-state index contributed by atoms with van der Waals surface area (Å²) in [5.74, 6) is -0.0320. The molecule has 5 atom stereocenters. The van der Waals surface area contributed by atoms with E-state index in [9.17, 15) is 25.2 Å². The van der Waals surface area contributed by atoms with Crippen molar-refractivity contribution in [3.8, 4) is 11.5 Å². The molecule has 3 rings (SSSR count). The normalized spacial score (nSPS) is 26.7. The number of methoxy groups -OCH3 is 1. The number of carbonyl (C=O) groups is 1. The summed E-state index contributed by atoms with van der Waals surface area (Å²) in [7, 11) is 1.42. The van der Waals surface area contributed by atoms with E-state index in [0.29, 0.717) is 5.56 Å². The number of rotatable bonds is 11. The van der Waals surface area contributed by atoms with E-state index < -0.39 is 43.3 Å². The van der Waals surface area contributed by atoms with E-state index in [1.807, 2.05) is 32.1 Å². The molecule has 0 aromatic heterocycles. The Morgan fingerprint density at radius 3 is 2.49 bits per heavy atom. The number of aliphatic hydroxyl groups is 4. The molecule has 1 saturated heterocycles. The molecule has 1 aliphatic heterocycles. The Labute approximate surface area is 254 Å². The van der Waals surface area contributed by atoms with E-state index in [0.717, 1.165) is 17.6 Å². The summed E-state index contributed by atoms with van der Waals surface area (Å²) in [5.41, 5.74) is 5.56. The van der Waals surface area contributed by atoms with Gasteiger partial charge in [-0.05, 0) is 74.3 Å². The van der Waals surface area contributed by atoms with Crippen LogP contribution in [0.25, 0.3) is 0 Å². The lowest BCUT2D eigenvalue weighted by Gasteiger charge is -2.39. The SMILES string of the molecule is COc1cc(COC(=O)\C=C(C)/C=C/C=C(C)/C=C/C2=C(C)CCCC2(C)C)ccc1O[C@@H]1O[C@H](CO)[C@@H](O)[C@H](O)[C@H]1O. The minimum atomic E-state index is -1.56. The van der Waals surface area contributed by atoms with Crippen molar-refractivity contribution < 1.29 is 44.2 Å². The van der Waals surface area contributed by atoms with Crippen molar-refractivity contribution in [1.82, 2.24) is 0 Å². The molecule has 0 unspecified atom stereocenters. The maximum Gasteiger partial charge on any atom is 0.331 e. The molecule has 0 amide bonds. The quantitative estimate of drug-likeness (QED) is 0.166. The van der Waals surface area contributed by atoms with Gasteiger partial charge >= 0.3 is 5.97 Å². The zero-order valence-electron chi connectivity index (χ0n) is 25.9. The molecule has 1 heterocycles. The Kier molecular flexibility index (Phi) is 12.4. The summed E-state index contributed by atoms with van der Waals surface area (Å²) in [4.78, 5) is 12.4. The first-order valence-corrected chi connectivity index (χ1v) is 14.6. The monoisotopic (exact) mass is 598 g/mol. The Morgan fingerprint density at radius 2 is 1.81 bits per heavy atom. The average Bonchev–Trinajstić information content (AvgIpc) is 2.96. The predicted molar refractivity (Wildman–Crippen MR) is 163 cm³/mol. The molecule has 1 aliphatic carbocycles. The number of carbonyl (C=O) groups excluding carboxylic acids is 1. The van der Waals surface area contributed by atoms with Crippen LogP contribution in [0, 0.1) is 5.41 Å². The lowest BCUT2D eigenvalue weighted by atomic mass is 9.72. The summed E-state index contributed by atoms with van der Waals surface area (Å²) in [5, 5.41) is 39.6. The van der Waals surface area contributed by atoms with Gasteiger partial charge in [0.05, 0.1) is 13.7 Å². The molecule has 2 aliphatic rings. The van der Waals surface area contributed by atoms with Crippen molar-refractivity contribution in [2.75, 3.05) is 13.7 Å². The first kappa shape index (κ1) is 34.3. The fourth-order valence-electron chi connectivity index (χ4n) is 5.25. The van der Waals surface area contributed by atoms with Crippen molar-refractivity contribution >= 4 is 5.97 Å². The molecule has 0 bridgehead atoms. The molecule has 1 fully saturated rings. The largest absolute Gasteiger partial charge is 0.493 e. The minimum Gasteiger partial charge on any atom is -0.493 e. The Hall–Kier alpha value is -3.21. The molecule has 0 saturated carbocycles. The summed E-state index contributed by atoms with van der Waals surface area (Å²) in [6.07, 6.45) is 8.09. The highest BCUT2D eigenvalue weighted by molar-refractivity contribution is 5.83. The highest BCUT2D eigenvalue weighted by atomic mass is 16.7. The first-order valence-electron chi connectivity index (χ1n) is 14.6. The Morgan fingerprint density at radius 1 is 1.07 bits per heavy atom. The second-order valence-corrected chi connectivity index (χ2v) is 11.8. The van der Waals surface area contributed by atoms with Gasteiger partial charge < -0.3 is 39.4 Å². The third kappa shape index (κ3) is 9.39. The molecule has 0 radical (unpaired) electrons. The van der Waals surface area contributed by atoms with Crippen LogP contribution >= 0.6 is 0 Å². The van der Waals surface area contributed by atoms with Gasteiger partial charge in [0.15, 0.2) is 11.5 Å². The molecular weight excluding hydrogens is 552 g/mol. The van der Waals surface area contributed by atoms with Gasteiger partial charge in [0.2, 0.25) is 6.29 Å². The van der Waals surface area contributed by atoms with Crippen molar-refractivity contribution in [1.29, 1.82) is 0 Å². The number of benzene rings is 1. The number of esters is 1. The maximum atomic E-state index is 12.4.